The summed E-state index contributed by atoms with van der Waals surface area (Å²) in [6, 6.07) is -0.545. The van der Waals surface area contributed by atoms with E-state index in [0.29, 0.717) is 63.8 Å². The molecular formula is C36H65FN8O6. The molecule has 3 rings (SSSR count). The number of hydrogen-bond acceptors (Lipinski definition) is 10. The maximum absolute atomic E-state index is 14.2. The lowest BCUT2D eigenvalue weighted by molar-refractivity contribution is -0.148. The maximum atomic E-state index is 14.2. The Labute approximate surface area is 303 Å². The van der Waals surface area contributed by atoms with Gasteiger partial charge in [0.25, 0.3) is 0 Å². The molecule has 7 N–H and O–H groups in total. The van der Waals surface area contributed by atoms with Crippen LogP contribution < -0.4 is 22.9 Å². The molecule has 0 aromatic heterocycles. The standard InChI is InChI=1S/C36H65FN8O6/c1-24(2)17-19-42(32(47)23-43(20-18-33(48)51-40)34(49)26-10-8-11-27(37)21-26)22-31(46)36(4,5)41-28-13-15-29(16-14-28)44(38)35(50)45(39)30-12-7-6-9-25(30)3/h24-30,41H,6-23,38-40H2,1-5H3. The van der Waals surface area contributed by atoms with E-state index in [2.05, 4.69) is 17.1 Å². The van der Waals surface area contributed by atoms with Gasteiger partial charge in [0.05, 0.1) is 37.1 Å². The van der Waals surface area contributed by atoms with Crippen molar-refractivity contribution in [2.45, 2.75) is 154 Å². The van der Waals surface area contributed by atoms with Gasteiger partial charge in [0.1, 0.15) is 6.17 Å². The van der Waals surface area contributed by atoms with Crippen LogP contribution in [0.15, 0.2) is 0 Å². The highest BCUT2D eigenvalue weighted by molar-refractivity contribution is 5.93. The zero-order chi connectivity index (χ0) is 37.9. The Balaban J connectivity index is 1.61. The molecule has 0 bridgehead atoms. The van der Waals surface area contributed by atoms with Crippen LogP contribution in [-0.4, -0.2) is 105 Å². The zero-order valence-corrected chi connectivity index (χ0v) is 31.6. The number of nitrogens with zero attached hydrogens (tertiary/aromatic N) is 4. The fourth-order valence-electron chi connectivity index (χ4n) is 7.74. The Hall–Kier alpha value is -2.88. The second-order valence-electron chi connectivity index (χ2n) is 16.1. The summed E-state index contributed by atoms with van der Waals surface area (Å²) < 4.78 is 14.2. The van der Waals surface area contributed by atoms with E-state index in [9.17, 15) is 28.4 Å². The third-order valence-electron chi connectivity index (χ3n) is 11.2. The highest BCUT2D eigenvalue weighted by Crippen LogP contribution is 2.30. The number of hydrazine groups is 2. The Morgan fingerprint density at radius 1 is 0.863 bits per heavy atom. The van der Waals surface area contributed by atoms with Crippen molar-refractivity contribution in [2.75, 3.05) is 26.2 Å². The second-order valence-corrected chi connectivity index (χ2v) is 16.1. The predicted molar refractivity (Wildman–Crippen MR) is 191 cm³/mol. The van der Waals surface area contributed by atoms with Crippen molar-refractivity contribution in [1.29, 1.82) is 0 Å². The molecule has 51 heavy (non-hydrogen) atoms. The highest BCUT2D eigenvalue weighted by atomic mass is 19.1. The summed E-state index contributed by atoms with van der Waals surface area (Å²) in [5, 5.41) is 6.09. The first-order chi connectivity index (χ1) is 24.0. The van der Waals surface area contributed by atoms with E-state index in [1.165, 1.54) is 19.8 Å². The number of nitrogens with two attached hydrogens (primary N) is 3. The van der Waals surface area contributed by atoms with Crippen LogP contribution in [0.2, 0.25) is 0 Å². The number of halogens is 1. The van der Waals surface area contributed by atoms with E-state index in [-0.39, 0.29) is 74.2 Å². The first-order valence-corrected chi connectivity index (χ1v) is 19.1. The Kier molecular flexibility index (Phi) is 16.5. The lowest BCUT2D eigenvalue weighted by atomic mass is 9.85. The van der Waals surface area contributed by atoms with E-state index >= 15 is 0 Å². The topological polar surface area (TPSA) is 198 Å². The van der Waals surface area contributed by atoms with Crippen molar-refractivity contribution in [3.05, 3.63) is 0 Å². The SMILES string of the molecule is CC(C)CCN(CC(=O)C(C)(C)NC1CCC(N(N)C(=O)N(N)C2CCCCC2C)CC1)C(=O)CN(CCC(=O)ON)C(=O)C1CCCC(F)C1. The van der Waals surface area contributed by atoms with E-state index in [0.717, 1.165) is 25.7 Å². The molecule has 3 fully saturated rings. The molecule has 0 aromatic carbocycles. The molecular weight excluding hydrogens is 659 g/mol. The van der Waals surface area contributed by atoms with Crippen LogP contribution in [0.25, 0.3) is 0 Å². The van der Waals surface area contributed by atoms with E-state index in [1.807, 2.05) is 13.8 Å². The van der Waals surface area contributed by atoms with Crippen LogP contribution in [0, 0.1) is 17.8 Å². The number of amides is 4. The molecule has 0 spiro atoms. The van der Waals surface area contributed by atoms with Crippen LogP contribution >= 0.6 is 0 Å². The smallest absolute Gasteiger partial charge is 0.348 e. The quantitative estimate of drug-likeness (QED) is 0.104. The molecule has 0 aromatic rings. The van der Waals surface area contributed by atoms with Gasteiger partial charge in [-0.25, -0.2) is 20.9 Å². The van der Waals surface area contributed by atoms with Gasteiger partial charge in [0, 0.05) is 25.0 Å². The monoisotopic (exact) mass is 725 g/mol. The third kappa shape index (κ3) is 12.6. The molecule has 15 heteroatoms. The summed E-state index contributed by atoms with van der Waals surface area (Å²) >= 11 is 0. The first kappa shape index (κ1) is 42.5. The van der Waals surface area contributed by atoms with Gasteiger partial charge in [-0.2, -0.15) is 5.90 Å². The minimum Gasteiger partial charge on any atom is -0.373 e. The van der Waals surface area contributed by atoms with Crippen LogP contribution in [0.5, 0.6) is 0 Å². The summed E-state index contributed by atoms with van der Waals surface area (Å²) in [6.45, 7) is 9.46. The molecule has 3 aliphatic rings. The van der Waals surface area contributed by atoms with Gasteiger partial charge in [0.15, 0.2) is 5.78 Å². The van der Waals surface area contributed by atoms with Crippen LogP contribution in [0.4, 0.5) is 9.18 Å². The van der Waals surface area contributed by atoms with Gasteiger partial charge < -0.3 is 20.0 Å². The average molecular weight is 725 g/mol. The largest absolute Gasteiger partial charge is 0.373 e. The lowest BCUT2D eigenvalue weighted by Gasteiger charge is -2.41. The van der Waals surface area contributed by atoms with E-state index in [1.54, 1.807) is 13.8 Å². The Bertz CT molecular complexity index is 1180. The minimum absolute atomic E-state index is 0.00102. The number of rotatable bonds is 16. The van der Waals surface area contributed by atoms with Crippen molar-refractivity contribution >= 4 is 29.6 Å². The van der Waals surface area contributed by atoms with Crippen LogP contribution in [0.3, 0.4) is 0 Å². The maximum Gasteiger partial charge on any atom is 0.348 e. The molecule has 4 atom stereocenters. The van der Waals surface area contributed by atoms with Gasteiger partial charge in [0.2, 0.25) is 11.8 Å². The fraction of sp³-hybridized carbons (Fsp3) is 0.861. The number of alkyl halides is 1. The van der Waals surface area contributed by atoms with Crippen LogP contribution in [-0.2, 0) is 24.0 Å². The molecule has 0 radical (unpaired) electrons. The van der Waals surface area contributed by atoms with Crippen molar-refractivity contribution in [3.8, 4) is 0 Å². The molecule has 292 valence electrons. The Morgan fingerprint density at radius 3 is 2.14 bits per heavy atom. The number of hydrogen-bond donors (Lipinski definition) is 4. The number of urea groups is 1. The van der Waals surface area contributed by atoms with Gasteiger partial charge >= 0.3 is 12.0 Å². The number of carbonyl (C=O) groups is 5. The second kappa shape index (κ2) is 19.8. The predicted octanol–water partition coefficient (Wildman–Crippen LogP) is 3.32. The number of ketones is 1. The molecule has 0 saturated heterocycles. The molecule has 14 nitrogen and oxygen atoms in total. The van der Waals surface area contributed by atoms with Crippen molar-refractivity contribution in [1.82, 2.24) is 25.1 Å². The number of nitrogens with one attached hydrogen (secondary N) is 1. The van der Waals surface area contributed by atoms with Crippen molar-refractivity contribution in [3.63, 3.8) is 0 Å². The van der Waals surface area contributed by atoms with Gasteiger partial charge in [-0.1, -0.05) is 33.6 Å². The third-order valence-corrected chi connectivity index (χ3v) is 11.2. The minimum atomic E-state index is -1.09. The molecule has 0 aliphatic heterocycles. The summed E-state index contributed by atoms with van der Waals surface area (Å²) in [7, 11) is 0. The highest BCUT2D eigenvalue weighted by Gasteiger charge is 2.38. The summed E-state index contributed by atoms with van der Waals surface area (Å²) in [5.74, 6) is 15.9. The molecule has 3 saturated carbocycles. The molecule has 4 amide bonds. The number of carbonyl (C=O) groups excluding carboxylic acids is 5. The summed E-state index contributed by atoms with van der Waals surface area (Å²) in [6.07, 6.45) is 7.70. The average Bonchev–Trinajstić information content (AvgIpc) is 3.10. The Morgan fingerprint density at radius 2 is 1.53 bits per heavy atom. The van der Waals surface area contributed by atoms with E-state index < -0.39 is 29.5 Å². The first-order valence-electron chi connectivity index (χ1n) is 19.1. The van der Waals surface area contributed by atoms with Gasteiger partial charge in [-0.15, -0.1) is 0 Å². The van der Waals surface area contributed by atoms with Crippen molar-refractivity contribution in [2.24, 2.45) is 35.3 Å². The summed E-state index contributed by atoms with van der Waals surface area (Å²) in [4.78, 5) is 73.1. The lowest BCUT2D eigenvalue weighted by Crippen LogP contribution is -2.60. The van der Waals surface area contributed by atoms with Crippen LogP contribution in [0.1, 0.15) is 125 Å². The van der Waals surface area contributed by atoms with E-state index in [4.69, 9.17) is 17.6 Å². The molecule has 3 aliphatic carbocycles. The van der Waals surface area contributed by atoms with Gasteiger partial charge in [-0.3, -0.25) is 29.2 Å². The molecule has 4 unspecified atom stereocenters. The normalized spacial score (nSPS) is 25.5. The van der Waals surface area contributed by atoms with Crippen molar-refractivity contribution < 1.29 is 33.2 Å². The van der Waals surface area contributed by atoms with Gasteiger partial charge in [-0.05, 0) is 96.3 Å². The number of Topliss-reactive ketones (excluding diaryl/α,β-unsaturated/α-hetero) is 1. The zero-order valence-electron chi connectivity index (χ0n) is 31.6. The summed E-state index contributed by atoms with van der Waals surface area (Å²) in [5.41, 5.74) is -0.976. The fourth-order valence-corrected chi connectivity index (χ4v) is 7.74. The molecule has 0 heterocycles.